The maximum absolute atomic E-state index is 13.2. The molecule has 1 fully saturated rings. The van der Waals surface area contributed by atoms with E-state index >= 15 is 0 Å². The molecule has 5 rings (SSSR count). The van der Waals surface area contributed by atoms with Crippen molar-refractivity contribution in [2.75, 3.05) is 13.2 Å². The molecule has 1 atom stereocenters. The SMILES string of the molecule is CCCCCCCOc1ccc(-c2cnc(-c3ccc(CC(NC(=O)c4ccc(C(C)(C)C)s4)C(=O)NCC4CC4)cc3)nc2)cc1. The number of amides is 2. The lowest BCUT2D eigenvalue weighted by Crippen LogP contribution is -2.48. The number of rotatable bonds is 16. The Morgan fingerprint density at radius 2 is 1.55 bits per heavy atom. The lowest BCUT2D eigenvalue weighted by molar-refractivity contribution is -0.123. The van der Waals surface area contributed by atoms with E-state index in [2.05, 4.69) is 48.3 Å². The zero-order valence-corrected chi connectivity index (χ0v) is 29.0. The molecule has 1 aliphatic rings. The summed E-state index contributed by atoms with van der Waals surface area (Å²) in [6.07, 6.45) is 12.5. The second kappa shape index (κ2) is 16.2. The zero-order chi connectivity index (χ0) is 33.2. The van der Waals surface area contributed by atoms with Crippen molar-refractivity contribution in [1.82, 2.24) is 20.6 Å². The molecule has 47 heavy (non-hydrogen) atoms. The van der Waals surface area contributed by atoms with Gasteiger partial charge in [0.05, 0.1) is 11.5 Å². The molecular weight excluding hydrogens is 605 g/mol. The van der Waals surface area contributed by atoms with Crippen LogP contribution in [0.5, 0.6) is 5.75 Å². The number of nitrogens with one attached hydrogen (secondary N) is 2. The summed E-state index contributed by atoms with van der Waals surface area (Å²) in [5.41, 5.74) is 3.76. The number of hydrogen-bond donors (Lipinski definition) is 2. The summed E-state index contributed by atoms with van der Waals surface area (Å²) in [6.45, 7) is 10.0. The van der Waals surface area contributed by atoms with Crippen LogP contribution in [0.25, 0.3) is 22.5 Å². The van der Waals surface area contributed by atoms with Crippen molar-refractivity contribution >= 4 is 23.2 Å². The van der Waals surface area contributed by atoms with E-state index in [1.54, 1.807) is 0 Å². The highest BCUT2D eigenvalue weighted by Gasteiger charge is 2.27. The third kappa shape index (κ3) is 10.2. The van der Waals surface area contributed by atoms with Gasteiger partial charge in [0.15, 0.2) is 5.82 Å². The maximum Gasteiger partial charge on any atom is 0.262 e. The van der Waals surface area contributed by atoms with Crippen molar-refractivity contribution in [2.45, 2.75) is 90.5 Å². The Bertz CT molecular complexity index is 1590. The zero-order valence-electron chi connectivity index (χ0n) is 28.2. The number of hydrogen-bond acceptors (Lipinski definition) is 6. The monoisotopic (exact) mass is 652 g/mol. The third-order valence-electron chi connectivity index (χ3n) is 8.46. The first-order valence-corrected chi connectivity index (χ1v) is 17.8. The minimum Gasteiger partial charge on any atom is -0.494 e. The Labute approximate surface area is 283 Å². The number of thiophene rings is 1. The van der Waals surface area contributed by atoms with E-state index in [0.717, 1.165) is 58.7 Å². The number of carbonyl (C=O) groups excluding carboxylic acids is 2. The van der Waals surface area contributed by atoms with Gasteiger partial charge in [0.1, 0.15) is 11.8 Å². The van der Waals surface area contributed by atoms with Crippen LogP contribution >= 0.6 is 11.3 Å². The summed E-state index contributed by atoms with van der Waals surface area (Å²) in [4.78, 5) is 37.4. The van der Waals surface area contributed by atoms with Crippen LogP contribution in [-0.4, -0.2) is 41.0 Å². The van der Waals surface area contributed by atoms with Crippen LogP contribution in [0.15, 0.2) is 73.1 Å². The highest BCUT2D eigenvalue weighted by Crippen LogP contribution is 2.30. The van der Waals surface area contributed by atoms with E-state index in [1.807, 2.05) is 73.1 Å². The minimum absolute atomic E-state index is 0.0380. The average Bonchev–Trinajstić information content (AvgIpc) is 3.76. The van der Waals surface area contributed by atoms with Gasteiger partial charge in [-0.25, -0.2) is 9.97 Å². The molecule has 0 bridgehead atoms. The van der Waals surface area contributed by atoms with E-state index in [-0.39, 0.29) is 17.2 Å². The number of aromatic nitrogens is 2. The van der Waals surface area contributed by atoms with Crippen molar-refractivity contribution < 1.29 is 14.3 Å². The number of nitrogens with zero attached hydrogens (tertiary/aromatic N) is 2. The fourth-order valence-electron chi connectivity index (χ4n) is 5.28. The second-order valence-electron chi connectivity index (χ2n) is 13.6. The number of carbonyl (C=O) groups is 2. The van der Waals surface area contributed by atoms with E-state index in [0.29, 0.717) is 29.6 Å². The molecule has 2 heterocycles. The summed E-state index contributed by atoms with van der Waals surface area (Å²) in [6, 6.07) is 19.1. The normalized spacial score (nSPS) is 13.6. The molecule has 0 aliphatic heterocycles. The Morgan fingerprint density at radius 3 is 2.19 bits per heavy atom. The van der Waals surface area contributed by atoms with Crippen LogP contribution in [0.2, 0.25) is 0 Å². The van der Waals surface area contributed by atoms with Gasteiger partial charge < -0.3 is 15.4 Å². The molecular formula is C39H48N4O3S. The largest absolute Gasteiger partial charge is 0.494 e. The maximum atomic E-state index is 13.2. The first-order chi connectivity index (χ1) is 22.7. The Balaban J connectivity index is 1.19. The smallest absolute Gasteiger partial charge is 0.262 e. The quantitative estimate of drug-likeness (QED) is 0.119. The fraction of sp³-hybridized carbons (Fsp3) is 0.436. The number of unbranched alkanes of at least 4 members (excludes halogenated alkanes) is 4. The van der Waals surface area contributed by atoms with Gasteiger partial charge in [-0.05, 0) is 66.0 Å². The molecule has 0 radical (unpaired) electrons. The Kier molecular flexibility index (Phi) is 11.8. The summed E-state index contributed by atoms with van der Waals surface area (Å²) in [5, 5.41) is 6.06. The lowest BCUT2D eigenvalue weighted by atomic mass is 9.95. The van der Waals surface area contributed by atoms with E-state index in [1.165, 1.54) is 37.0 Å². The van der Waals surface area contributed by atoms with Gasteiger partial charge in [-0.1, -0.05) is 89.8 Å². The van der Waals surface area contributed by atoms with Crippen LogP contribution < -0.4 is 15.4 Å². The predicted molar refractivity (Wildman–Crippen MR) is 191 cm³/mol. The summed E-state index contributed by atoms with van der Waals surface area (Å²) >= 11 is 1.48. The first kappa shape index (κ1) is 34.3. The molecule has 2 aromatic carbocycles. The molecule has 0 saturated heterocycles. The van der Waals surface area contributed by atoms with E-state index in [9.17, 15) is 9.59 Å². The minimum atomic E-state index is -0.676. The second-order valence-corrected chi connectivity index (χ2v) is 14.7. The van der Waals surface area contributed by atoms with E-state index < -0.39 is 6.04 Å². The highest BCUT2D eigenvalue weighted by molar-refractivity contribution is 7.14. The molecule has 1 saturated carbocycles. The number of ether oxygens (including phenoxy) is 1. The van der Waals surface area contributed by atoms with Crippen molar-refractivity contribution in [2.24, 2.45) is 5.92 Å². The lowest BCUT2D eigenvalue weighted by Gasteiger charge is -2.19. The fourth-order valence-corrected chi connectivity index (χ4v) is 6.25. The molecule has 7 nitrogen and oxygen atoms in total. The van der Waals surface area contributed by atoms with E-state index in [4.69, 9.17) is 4.74 Å². The van der Waals surface area contributed by atoms with Gasteiger partial charge in [0.2, 0.25) is 5.91 Å². The first-order valence-electron chi connectivity index (χ1n) is 17.0. The van der Waals surface area contributed by atoms with Crippen molar-refractivity contribution in [3.8, 4) is 28.3 Å². The van der Waals surface area contributed by atoms with Gasteiger partial charge in [-0.2, -0.15) is 0 Å². The van der Waals surface area contributed by atoms with Crippen molar-refractivity contribution in [1.29, 1.82) is 0 Å². The topological polar surface area (TPSA) is 93.2 Å². The molecule has 248 valence electrons. The predicted octanol–water partition coefficient (Wildman–Crippen LogP) is 8.39. The molecule has 2 aromatic heterocycles. The van der Waals surface area contributed by atoms with Gasteiger partial charge >= 0.3 is 0 Å². The molecule has 1 unspecified atom stereocenters. The van der Waals surface area contributed by atoms with Crippen LogP contribution in [0.1, 0.15) is 92.8 Å². The van der Waals surface area contributed by atoms with Gasteiger partial charge in [0, 0.05) is 41.4 Å². The van der Waals surface area contributed by atoms with Gasteiger partial charge in [-0.15, -0.1) is 11.3 Å². The standard InChI is InChI=1S/C39H48N4O3S/c1-5-6-7-8-9-22-46-32-18-16-29(17-19-32)31-25-40-36(41-26-31)30-14-12-27(13-15-30)23-33(37(44)42-24-28-10-11-28)43-38(45)34-20-21-35(47-34)39(2,3)4/h12-21,25-26,28,33H,5-11,22-24H2,1-4H3,(H,42,44)(H,43,45). The molecule has 2 N–H and O–H groups in total. The molecule has 2 amide bonds. The van der Waals surface area contributed by atoms with Crippen molar-refractivity contribution in [3.05, 3.63) is 88.4 Å². The molecule has 1 aliphatic carbocycles. The van der Waals surface area contributed by atoms with Crippen LogP contribution in [0, 0.1) is 5.92 Å². The molecule has 4 aromatic rings. The summed E-state index contributed by atoms with van der Waals surface area (Å²) < 4.78 is 5.90. The molecule has 8 heteroatoms. The van der Waals surface area contributed by atoms with Crippen LogP contribution in [0.4, 0.5) is 0 Å². The number of benzene rings is 2. The summed E-state index contributed by atoms with van der Waals surface area (Å²) in [5.74, 6) is 1.69. The third-order valence-corrected chi connectivity index (χ3v) is 9.97. The average molecular weight is 653 g/mol. The van der Waals surface area contributed by atoms with Crippen LogP contribution in [0.3, 0.4) is 0 Å². The Hall–Kier alpha value is -4.04. The van der Waals surface area contributed by atoms with Gasteiger partial charge in [-0.3, -0.25) is 9.59 Å². The Morgan fingerprint density at radius 1 is 0.872 bits per heavy atom. The molecule has 0 spiro atoms. The highest BCUT2D eigenvalue weighted by atomic mass is 32.1. The van der Waals surface area contributed by atoms with Crippen LogP contribution in [-0.2, 0) is 16.6 Å². The summed E-state index contributed by atoms with van der Waals surface area (Å²) in [7, 11) is 0. The van der Waals surface area contributed by atoms with Gasteiger partial charge in [0.25, 0.3) is 5.91 Å². The van der Waals surface area contributed by atoms with Crippen molar-refractivity contribution in [3.63, 3.8) is 0 Å².